The van der Waals surface area contributed by atoms with Gasteiger partial charge in [0.2, 0.25) is 0 Å². The molecular weight excluding hydrogens is 256 g/mol. The van der Waals surface area contributed by atoms with Gasteiger partial charge in [0.15, 0.2) is 0 Å². The largest absolute Gasteiger partial charge is 0.396 e. The topological polar surface area (TPSA) is 45.2 Å². The molecule has 0 radical (unpaired) electrons. The van der Waals surface area contributed by atoms with E-state index in [-0.39, 0.29) is 6.61 Å². The van der Waals surface area contributed by atoms with Crippen molar-refractivity contribution >= 4 is 17.0 Å². The number of thiazole rings is 1. The van der Waals surface area contributed by atoms with Crippen LogP contribution in [0.2, 0.25) is 0 Å². The van der Waals surface area contributed by atoms with Gasteiger partial charge in [0.1, 0.15) is 0 Å². The Bertz CT molecular complexity index is 505. The van der Waals surface area contributed by atoms with Crippen molar-refractivity contribution in [1.29, 1.82) is 0 Å². The maximum absolute atomic E-state index is 8.87. The van der Waals surface area contributed by atoms with Crippen LogP contribution in [-0.4, -0.2) is 16.7 Å². The molecule has 0 bridgehead atoms. The molecule has 1 heterocycles. The fourth-order valence-corrected chi connectivity index (χ4v) is 2.64. The van der Waals surface area contributed by atoms with Crippen LogP contribution in [0.1, 0.15) is 35.2 Å². The second-order valence-electron chi connectivity index (χ2n) is 4.84. The Kier molecular flexibility index (Phi) is 4.93. The maximum atomic E-state index is 8.87. The normalized spacial score (nSPS) is 10.9. The molecular formula is C15H20N2OS. The minimum atomic E-state index is 0.200. The van der Waals surface area contributed by atoms with Crippen LogP contribution < -0.4 is 5.32 Å². The first-order valence-electron chi connectivity index (χ1n) is 6.57. The number of hydrogen-bond acceptors (Lipinski definition) is 4. The summed E-state index contributed by atoms with van der Waals surface area (Å²) in [6.07, 6.45) is 2.67. The molecule has 2 aromatic rings. The Balaban J connectivity index is 1.90. The summed E-state index contributed by atoms with van der Waals surface area (Å²) in [6, 6.07) is 8.19. The van der Waals surface area contributed by atoms with Crippen molar-refractivity contribution in [2.24, 2.45) is 0 Å². The zero-order valence-corrected chi connectivity index (χ0v) is 12.2. The van der Waals surface area contributed by atoms with E-state index in [2.05, 4.69) is 36.3 Å². The Morgan fingerprint density at radius 2 is 2.00 bits per heavy atom. The molecule has 4 heteroatoms. The van der Waals surface area contributed by atoms with Gasteiger partial charge in [-0.15, -0.1) is 11.3 Å². The molecule has 0 unspecified atom stereocenters. The summed E-state index contributed by atoms with van der Waals surface area (Å²) in [4.78, 5) is 5.67. The molecule has 2 rings (SSSR count). The lowest BCUT2D eigenvalue weighted by atomic mass is 10.1. The third-order valence-electron chi connectivity index (χ3n) is 2.89. The first-order valence-corrected chi connectivity index (χ1v) is 7.39. The smallest absolute Gasteiger partial charge is 0.0953 e. The van der Waals surface area contributed by atoms with E-state index in [0.717, 1.165) is 17.8 Å². The van der Waals surface area contributed by atoms with Gasteiger partial charge >= 0.3 is 0 Å². The molecule has 0 aliphatic rings. The van der Waals surface area contributed by atoms with Gasteiger partial charge in [-0.3, -0.25) is 0 Å². The summed E-state index contributed by atoms with van der Waals surface area (Å²) in [7, 11) is 0. The zero-order chi connectivity index (χ0) is 13.7. The van der Waals surface area contributed by atoms with Gasteiger partial charge in [-0.2, -0.15) is 0 Å². The van der Waals surface area contributed by atoms with Crippen LogP contribution in [0.5, 0.6) is 0 Å². The summed E-state index contributed by atoms with van der Waals surface area (Å²) in [6.45, 7) is 5.33. The van der Waals surface area contributed by atoms with Crippen molar-refractivity contribution in [3.05, 3.63) is 45.9 Å². The number of nitrogens with one attached hydrogen (secondary N) is 1. The lowest BCUT2D eigenvalue weighted by Crippen LogP contribution is -1.98. The van der Waals surface area contributed by atoms with Gasteiger partial charge in [0, 0.05) is 29.3 Å². The first-order chi connectivity index (χ1) is 9.19. The number of aliphatic hydroxyl groups is 1. The van der Waals surface area contributed by atoms with E-state index in [1.165, 1.54) is 9.88 Å². The molecule has 1 aromatic carbocycles. The minimum absolute atomic E-state index is 0.200. The number of aromatic nitrogens is 1. The molecule has 102 valence electrons. The molecule has 3 nitrogen and oxygen atoms in total. The van der Waals surface area contributed by atoms with Gasteiger partial charge in [-0.1, -0.05) is 26.0 Å². The Labute approximate surface area is 118 Å². The van der Waals surface area contributed by atoms with E-state index in [4.69, 9.17) is 5.11 Å². The monoisotopic (exact) mass is 276 g/mol. The van der Waals surface area contributed by atoms with Crippen LogP contribution >= 0.6 is 11.3 Å². The minimum Gasteiger partial charge on any atom is -0.396 e. The second-order valence-corrected chi connectivity index (χ2v) is 5.99. The molecule has 0 aliphatic heterocycles. The van der Waals surface area contributed by atoms with Crippen LogP contribution in [0.25, 0.3) is 0 Å². The number of nitrogens with zero attached hydrogens (tertiary/aromatic N) is 1. The summed E-state index contributed by atoms with van der Waals surface area (Å²) in [5.41, 5.74) is 2.26. The summed E-state index contributed by atoms with van der Waals surface area (Å²) >= 11 is 1.76. The number of benzene rings is 1. The second kappa shape index (κ2) is 6.68. The highest BCUT2D eigenvalue weighted by molar-refractivity contribution is 7.11. The maximum Gasteiger partial charge on any atom is 0.0953 e. The molecule has 1 aromatic heterocycles. The van der Waals surface area contributed by atoms with Crippen molar-refractivity contribution in [3.8, 4) is 0 Å². The Morgan fingerprint density at radius 3 is 2.58 bits per heavy atom. The third-order valence-corrected chi connectivity index (χ3v) is 4.18. The van der Waals surface area contributed by atoms with Crippen molar-refractivity contribution in [2.75, 3.05) is 11.9 Å². The van der Waals surface area contributed by atoms with Crippen LogP contribution in [-0.2, 0) is 13.0 Å². The predicted octanol–water partition coefficient (Wildman–Crippen LogP) is 3.41. The highest BCUT2D eigenvalue weighted by Crippen LogP contribution is 2.22. The first kappa shape index (κ1) is 14.0. The number of rotatable bonds is 6. The van der Waals surface area contributed by atoms with Gasteiger partial charge < -0.3 is 10.4 Å². The third kappa shape index (κ3) is 4.04. The average molecular weight is 276 g/mol. The molecule has 0 saturated heterocycles. The van der Waals surface area contributed by atoms with Crippen LogP contribution in [0, 0.1) is 0 Å². The van der Waals surface area contributed by atoms with Crippen molar-refractivity contribution in [1.82, 2.24) is 4.98 Å². The summed E-state index contributed by atoms with van der Waals surface area (Å²) < 4.78 is 0. The number of anilines is 1. The highest BCUT2D eigenvalue weighted by Gasteiger charge is 2.05. The van der Waals surface area contributed by atoms with E-state index in [1.54, 1.807) is 11.3 Å². The number of aliphatic hydroxyl groups excluding tert-OH is 1. The highest BCUT2D eigenvalue weighted by atomic mass is 32.1. The average Bonchev–Trinajstić information content (AvgIpc) is 2.87. The molecule has 0 fully saturated rings. The Hall–Kier alpha value is -1.39. The summed E-state index contributed by atoms with van der Waals surface area (Å²) in [5.74, 6) is 0.497. The molecule has 2 N–H and O–H groups in total. The fourth-order valence-electron chi connectivity index (χ4n) is 1.78. The van der Waals surface area contributed by atoms with Crippen molar-refractivity contribution in [3.63, 3.8) is 0 Å². The van der Waals surface area contributed by atoms with Gasteiger partial charge in [-0.05, 0) is 24.1 Å². The van der Waals surface area contributed by atoms with Crippen LogP contribution in [0.15, 0.2) is 30.5 Å². The van der Waals surface area contributed by atoms with E-state index in [9.17, 15) is 0 Å². The Morgan fingerprint density at radius 1 is 1.26 bits per heavy atom. The lowest BCUT2D eigenvalue weighted by molar-refractivity contribution is 0.299. The van der Waals surface area contributed by atoms with E-state index in [0.29, 0.717) is 12.3 Å². The standard InChI is InChI=1S/C15H20N2OS/c1-11(2)15-17-10-14(19-15)9-16-13-5-3-12(4-6-13)7-8-18/h3-6,10-11,16,18H,7-9H2,1-2H3. The molecule has 0 amide bonds. The molecule has 0 atom stereocenters. The number of hydrogen-bond donors (Lipinski definition) is 2. The predicted molar refractivity (Wildman–Crippen MR) is 80.8 cm³/mol. The molecule has 0 aliphatic carbocycles. The molecule has 0 spiro atoms. The summed E-state index contributed by atoms with van der Waals surface area (Å²) in [5, 5.41) is 13.4. The van der Waals surface area contributed by atoms with Gasteiger partial charge in [0.25, 0.3) is 0 Å². The van der Waals surface area contributed by atoms with Gasteiger partial charge in [0.05, 0.1) is 11.6 Å². The van der Waals surface area contributed by atoms with E-state index >= 15 is 0 Å². The van der Waals surface area contributed by atoms with Crippen molar-refractivity contribution < 1.29 is 5.11 Å². The molecule has 0 saturated carbocycles. The fraction of sp³-hybridized carbons (Fsp3) is 0.400. The van der Waals surface area contributed by atoms with E-state index < -0.39 is 0 Å². The van der Waals surface area contributed by atoms with E-state index in [1.807, 2.05) is 18.3 Å². The zero-order valence-electron chi connectivity index (χ0n) is 11.4. The van der Waals surface area contributed by atoms with Crippen LogP contribution in [0.4, 0.5) is 5.69 Å². The quantitative estimate of drug-likeness (QED) is 0.850. The SMILES string of the molecule is CC(C)c1ncc(CNc2ccc(CCO)cc2)s1. The van der Waals surface area contributed by atoms with Gasteiger partial charge in [-0.25, -0.2) is 4.98 Å². The van der Waals surface area contributed by atoms with Crippen LogP contribution in [0.3, 0.4) is 0 Å². The lowest BCUT2D eigenvalue weighted by Gasteiger charge is -2.05. The molecule has 19 heavy (non-hydrogen) atoms. The van der Waals surface area contributed by atoms with Crippen molar-refractivity contribution in [2.45, 2.75) is 32.7 Å².